The molecule has 0 bridgehead atoms. The van der Waals surface area contributed by atoms with Gasteiger partial charge in [0.25, 0.3) is 0 Å². The molecule has 1 amide bonds. The predicted octanol–water partition coefficient (Wildman–Crippen LogP) is 3.20. The minimum absolute atomic E-state index is 0.125. The van der Waals surface area contributed by atoms with Gasteiger partial charge in [0.2, 0.25) is 5.91 Å². The van der Waals surface area contributed by atoms with Gasteiger partial charge in [-0.05, 0) is 25.0 Å². The highest BCUT2D eigenvalue weighted by molar-refractivity contribution is 8.00. The molecule has 0 saturated heterocycles. The summed E-state index contributed by atoms with van der Waals surface area (Å²) in [6, 6.07) is 8.06. The molecule has 4 heteroatoms. The number of nitrogens with one attached hydrogen (secondary N) is 1. The standard InChI is InChI=1S/C15H22N2OS/c16-13-9-5-6-10-14(13)19-11-15(18)17-12-7-3-1-2-4-8-12/h5-6,9-10,12H,1-4,7-8,11,16H2,(H,17,18). The molecule has 0 unspecified atom stereocenters. The van der Waals surface area contributed by atoms with Crippen LogP contribution in [-0.4, -0.2) is 17.7 Å². The van der Waals surface area contributed by atoms with E-state index in [-0.39, 0.29) is 5.91 Å². The molecule has 3 N–H and O–H groups in total. The number of hydrogen-bond donors (Lipinski definition) is 2. The van der Waals surface area contributed by atoms with E-state index in [0.29, 0.717) is 11.8 Å². The Morgan fingerprint density at radius 2 is 1.89 bits per heavy atom. The van der Waals surface area contributed by atoms with Gasteiger partial charge in [-0.25, -0.2) is 0 Å². The van der Waals surface area contributed by atoms with Crippen LogP contribution in [0.25, 0.3) is 0 Å². The maximum Gasteiger partial charge on any atom is 0.230 e. The van der Waals surface area contributed by atoms with Crippen molar-refractivity contribution in [2.45, 2.75) is 49.5 Å². The number of carbonyl (C=O) groups is 1. The number of amides is 1. The van der Waals surface area contributed by atoms with Gasteiger partial charge in [-0.1, -0.05) is 37.8 Å². The number of para-hydroxylation sites is 1. The highest BCUT2D eigenvalue weighted by Gasteiger charge is 2.14. The normalized spacial score (nSPS) is 16.8. The molecule has 0 atom stereocenters. The lowest BCUT2D eigenvalue weighted by molar-refractivity contribution is -0.119. The summed E-state index contributed by atoms with van der Waals surface area (Å²) in [6.07, 6.45) is 7.35. The Labute approximate surface area is 119 Å². The lowest BCUT2D eigenvalue weighted by Crippen LogP contribution is -2.35. The largest absolute Gasteiger partial charge is 0.398 e. The molecule has 19 heavy (non-hydrogen) atoms. The summed E-state index contributed by atoms with van der Waals surface area (Å²) >= 11 is 1.51. The maximum atomic E-state index is 11.9. The molecule has 1 saturated carbocycles. The van der Waals surface area contributed by atoms with Crippen molar-refractivity contribution in [3.05, 3.63) is 24.3 Å². The predicted molar refractivity (Wildman–Crippen MR) is 81.2 cm³/mol. The minimum atomic E-state index is 0.125. The average molecular weight is 278 g/mol. The van der Waals surface area contributed by atoms with E-state index in [0.717, 1.165) is 23.4 Å². The SMILES string of the molecule is Nc1ccccc1SCC(=O)NC1CCCCCC1. The van der Waals surface area contributed by atoms with Gasteiger partial charge in [0.05, 0.1) is 5.75 Å². The van der Waals surface area contributed by atoms with Crippen LogP contribution in [0, 0.1) is 0 Å². The average Bonchev–Trinajstić information content (AvgIpc) is 2.66. The fourth-order valence-electron chi connectivity index (χ4n) is 2.45. The molecule has 0 aromatic heterocycles. The lowest BCUT2D eigenvalue weighted by atomic mass is 10.1. The van der Waals surface area contributed by atoms with Crippen LogP contribution < -0.4 is 11.1 Å². The molecular formula is C15H22N2OS. The molecule has 2 rings (SSSR count). The first-order chi connectivity index (χ1) is 9.25. The topological polar surface area (TPSA) is 55.1 Å². The number of thioether (sulfide) groups is 1. The zero-order valence-electron chi connectivity index (χ0n) is 11.2. The van der Waals surface area contributed by atoms with Gasteiger partial charge in [-0.3, -0.25) is 4.79 Å². The smallest absolute Gasteiger partial charge is 0.230 e. The molecule has 3 nitrogen and oxygen atoms in total. The van der Waals surface area contributed by atoms with Gasteiger partial charge in [-0.15, -0.1) is 11.8 Å². The first-order valence-electron chi connectivity index (χ1n) is 7.02. The summed E-state index contributed by atoms with van der Waals surface area (Å²) in [5.41, 5.74) is 6.60. The molecule has 1 fully saturated rings. The summed E-state index contributed by atoms with van der Waals surface area (Å²) < 4.78 is 0. The minimum Gasteiger partial charge on any atom is -0.398 e. The Hall–Kier alpha value is -1.16. The van der Waals surface area contributed by atoms with E-state index in [9.17, 15) is 4.79 Å². The van der Waals surface area contributed by atoms with E-state index in [2.05, 4.69) is 5.32 Å². The number of rotatable bonds is 4. The molecule has 0 heterocycles. The van der Waals surface area contributed by atoms with E-state index in [4.69, 9.17) is 5.73 Å². The van der Waals surface area contributed by atoms with Crippen LogP contribution in [0.5, 0.6) is 0 Å². The summed E-state index contributed by atoms with van der Waals surface area (Å²) in [6.45, 7) is 0. The van der Waals surface area contributed by atoms with Crippen LogP contribution in [0.4, 0.5) is 5.69 Å². The second kappa shape index (κ2) is 7.43. The highest BCUT2D eigenvalue weighted by atomic mass is 32.2. The van der Waals surface area contributed by atoms with E-state index >= 15 is 0 Å². The first-order valence-corrected chi connectivity index (χ1v) is 8.01. The number of benzene rings is 1. The summed E-state index contributed by atoms with van der Waals surface area (Å²) in [4.78, 5) is 12.9. The number of hydrogen-bond acceptors (Lipinski definition) is 3. The zero-order chi connectivity index (χ0) is 13.5. The molecule has 104 valence electrons. The van der Waals surface area contributed by atoms with Gasteiger partial charge in [0.15, 0.2) is 0 Å². The zero-order valence-corrected chi connectivity index (χ0v) is 12.0. The van der Waals surface area contributed by atoms with Crippen molar-refractivity contribution < 1.29 is 4.79 Å². The Kier molecular flexibility index (Phi) is 5.58. The molecule has 1 aromatic carbocycles. The van der Waals surface area contributed by atoms with Crippen LogP contribution in [-0.2, 0) is 4.79 Å². The number of nitrogen functional groups attached to an aromatic ring is 1. The van der Waals surface area contributed by atoms with Crippen LogP contribution in [0.2, 0.25) is 0 Å². The third-order valence-corrected chi connectivity index (χ3v) is 4.59. The van der Waals surface area contributed by atoms with Gasteiger partial charge < -0.3 is 11.1 Å². The summed E-state index contributed by atoms with van der Waals surface area (Å²) in [5.74, 6) is 0.574. The Balaban J connectivity index is 1.76. The summed E-state index contributed by atoms with van der Waals surface area (Å²) in [5, 5.41) is 3.15. The van der Waals surface area contributed by atoms with Gasteiger partial charge in [-0.2, -0.15) is 0 Å². The van der Waals surface area contributed by atoms with Gasteiger partial charge in [0, 0.05) is 16.6 Å². The molecule has 0 radical (unpaired) electrons. The van der Waals surface area contributed by atoms with Crippen molar-refractivity contribution in [1.29, 1.82) is 0 Å². The third-order valence-electron chi connectivity index (χ3n) is 3.50. The number of anilines is 1. The number of nitrogens with two attached hydrogens (primary N) is 1. The van der Waals surface area contributed by atoms with E-state index in [1.54, 1.807) is 0 Å². The maximum absolute atomic E-state index is 11.9. The van der Waals surface area contributed by atoms with Crippen molar-refractivity contribution in [3.63, 3.8) is 0 Å². The van der Waals surface area contributed by atoms with Crippen LogP contribution in [0.15, 0.2) is 29.2 Å². The summed E-state index contributed by atoms with van der Waals surface area (Å²) in [7, 11) is 0. The Morgan fingerprint density at radius 1 is 1.21 bits per heavy atom. The fraction of sp³-hybridized carbons (Fsp3) is 0.533. The van der Waals surface area contributed by atoms with Crippen molar-refractivity contribution in [1.82, 2.24) is 5.32 Å². The van der Waals surface area contributed by atoms with E-state index < -0.39 is 0 Å². The number of carbonyl (C=O) groups excluding carboxylic acids is 1. The highest BCUT2D eigenvalue weighted by Crippen LogP contribution is 2.24. The van der Waals surface area contributed by atoms with Gasteiger partial charge in [0.1, 0.15) is 0 Å². The quantitative estimate of drug-likeness (QED) is 0.505. The molecule has 0 aliphatic heterocycles. The van der Waals surface area contributed by atoms with Crippen LogP contribution >= 0.6 is 11.8 Å². The van der Waals surface area contributed by atoms with Crippen molar-refractivity contribution >= 4 is 23.4 Å². The monoisotopic (exact) mass is 278 g/mol. The van der Waals surface area contributed by atoms with Crippen molar-refractivity contribution in [3.8, 4) is 0 Å². The Bertz CT molecular complexity index is 414. The second-order valence-corrected chi connectivity index (χ2v) is 6.10. The first kappa shape index (κ1) is 14.3. The van der Waals surface area contributed by atoms with E-state index in [1.807, 2.05) is 24.3 Å². The van der Waals surface area contributed by atoms with Crippen LogP contribution in [0.3, 0.4) is 0 Å². The Morgan fingerprint density at radius 3 is 2.58 bits per heavy atom. The van der Waals surface area contributed by atoms with Gasteiger partial charge >= 0.3 is 0 Å². The van der Waals surface area contributed by atoms with E-state index in [1.165, 1.54) is 37.4 Å². The molecule has 1 aliphatic carbocycles. The second-order valence-electron chi connectivity index (χ2n) is 5.08. The van der Waals surface area contributed by atoms with Crippen LogP contribution in [0.1, 0.15) is 38.5 Å². The van der Waals surface area contributed by atoms with Crippen molar-refractivity contribution in [2.75, 3.05) is 11.5 Å². The van der Waals surface area contributed by atoms with Crippen molar-refractivity contribution in [2.24, 2.45) is 0 Å². The molecule has 1 aromatic rings. The molecular weight excluding hydrogens is 256 g/mol. The molecule has 0 spiro atoms. The molecule has 1 aliphatic rings. The third kappa shape index (κ3) is 4.78. The fourth-order valence-corrected chi connectivity index (χ4v) is 3.23. The lowest BCUT2D eigenvalue weighted by Gasteiger charge is -2.16.